The van der Waals surface area contributed by atoms with E-state index in [0.717, 1.165) is 18.7 Å². The lowest BCUT2D eigenvalue weighted by Gasteiger charge is -2.38. The molecular weight excluding hydrogens is 543 g/mol. The van der Waals surface area contributed by atoms with Crippen LogP contribution >= 0.6 is 0 Å². The van der Waals surface area contributed by atoms with Gasteiger partial charge in [0.2, 0.25) is 0 Å². The van der Waals surface area contributed by atoms with Crippen LogP contribution in [0.3, 0.4) is 0 Å². The topological polar surface area (TPSA) is 110 Å². The highest BCUT2D eigenvalue weighted by Gasteiger charge is 2.47. The Hall–Kier alpha value is -3.23. The number of nitrogens with one attached hydrogen (secondary N) is 2. The summed E-state index contributed by atoms with van der Waals surface area (Å²) < 4.78 is 80.5. The Labute approximate surface area is 228 Å². The van der Waals surface area contributed by atoms with Crippen LogP contribution in [0, 0.1) is 5.41 Å². The average molecular weight is 579 g/mol. The van der Waals surface area contributed by atoms with E-state index >= 15 is 0 Å². The number of urea groups is 1. The number of carbonyl (C=O) groups is 2. The zero-order valence-electron chi connectivity index (χ0n) is 23.2. The fraction of sp³-hybridized carbons (Fsp3) is 0.680. The molecule has 0 saturated carbocycles. The van der Waals surface area contributed by atoms with Crippen LogP contribution in [0.2, 0.25) is 0 Å². The molecule has 2 aromatic heterocycles. The second-order valence-electron chi connectivity index (χ2n) is 11.5. The number of halogens is 5. The quantitative estimate of drug-likeness (QED) is 0.405. The lowest BCUT2D eigenvalue weighted by molar-refractivity contribution is -0.214. The third-order valence-electron chi connectivity index (χ3n) is 6.48. The second kappa shape index (κ2) is 11.3. The van der Waals surface area contributed by atoms with Crippen LogP contribution in [0.5, 0.6) is 0 Å². The van der Waals surface area contributed by atoms with Gasteiger partial charge in [0.05, 0.1) is 55.3 Å². The molecule has 10 nitrogen and oxygen atoms in total. The highest BCUT2D eigenvalue weighted by Crippen LogP contribution is 2.42. The van der Waals surface area contributed by atoms with Gasteiger partial charge < -0.3 is 25.0 Å². The SMILES string of the molecule is COC[C@H](c1cnn2cc([C@H](CCC(C)(C)C(F)(F)F)NC(=O)OC(C)(C)C)nc2c1)N1CC(F)(F)CNC1=O. The molecule has 0 radical (unpaired) electrons. The van der Waals surface area contributed by atoms with Gasteiger partial charge in [0.25, 0.3) is 5.92 Å². The standard InChI is InChI=1S/C25H35F5N6O4/c1-22(2,3)40-21(38)34-16(7-8-23(4,5)25(28,29)30)17-11-36-19(33-17)9-15(10-32-36)18(12-39-6)35-14-24(26,27)13-31-20(35)37/h9-11,16,18H,7-8,12-14H2,1-6H3,(H,31,37)(H,34,38)/t16-,18+/m0/s1. The number of amides is 3. The minimum absolute atomic E-state index is 0.107. The first-order chi connectivity index (χ1) is 18.3. The normalized spacial score (nSPS) is 17.9. The lowest BCUT2D eigenvalue weighted by atomic mass is 9.85. The van der Waals surface area contributed by atoms with Gasteiger partial charge in [-0.2, -0.15) is 18.3 Å². The van der Waals surface area contributed by atoms with Gasteiger partial charge in [0, 0.05) is 12.7 Å². The molecule has 1 fully saturated rings. The molecule has 2 N–H and O–H groups in total. The Bertz CT molecular complexity index is 1210. The number of carbonyl (C=O) groups excluding carboxylic acids is 2. The van der Waals surface area contributed by atoms with Crippen molar-refractivity contribution in [1.29, 1.82) is 0 Å². The molecule has 40 heavy (non-hydrogen) atoms. The van der Waals surface area contributed by atoms with Gasteiger partial charge in [-0.3, -0.25) is 0 Å². The molecule has 3 amide bonds. The van der Waals surface area contributed by atoms with Crippen molar-refractivity contribution in [2.24, 2.45) is 5.41 Å². The summed E-state index contributed by atoms with van der Waals surface area (Å²) in [5.74, 6) is -3.15. The summed E-state index contributed by atoms with van der Waals surface area (Å²) in [6, 6.07) is -1.05. The molecule has 0 aliphatic carbocycles. The van der Waals surface area contributed by atoms with E-state index in [1.807, 2.05) is 0 Å². The maximum absolute atomic E-state index is 14.1. The second-order valence-corrected chi connectivity index (χ2v) is 11.5. The Morgan fingerprint density at radius 3 is 2.50 bits per heavy atom. The van der Waals surface area contributed by atoms with E-state index in [9.17, 15) is 31.5 Å². The molecule has 3 rings (SSSR count). The van der Waals surface area contributed by atoms with Crippen LogP contribution in [0.4, 0.5) is 31.5 Å². The zero-order valence-corrected chi connectivity index (χ0v) is 23.2. The van der Waals surface area contributed by atoms with Crippen molar-refractivity contribution < 1.29 is 41.0 Å². The predicted octanol–water partition coefficient (Wildman–Crippen LogP) is 5.01. The lowest BCUT2D eigenvalue weighted by Crippen LogP contribution is -2.58. The summed E-state index contributed by atoms with van der Waals surface area (Å²) in [5, 5.41) is 9.03. The maximum atomic E-state index is 14.1. The zero-order chi connectivity index (χ0) is 30.1. The van der Waals surface area contributed by atoms with Crippen molar-refractivity contribution >= 4 is 17.8 Å². The third kappa shape index (κ3) is 7.70. The molecular formula is C25H35F5N6O4. The van der Waals surface area contributed by atoms with E-state index < -0.39 is 60.4 Å². The van der Waals surface area contributed by atoms with Gasteiger partial charge in [-0.25, -0.2) is 27.9 Å². The minimum Gasteiger partial charge on any atom is -0.444 e. The first-order valence-corrected chi connectivity index (χ1v) is 12.6. The average Bonchev–Trinajstić information content (AvgIpc) is 3.23. The van der Waals surface area contributed by atoms with E-state index in [4.69, 9.17) is 9.47 Å². The number of alkyl carbamates (subject to hydrolysis) is 1. The van der Waals surface area contributed by atoms with Gasteiger partial charge in [0.1, 0.15) is 5.60 Å². The van der Waals surface area contributed by atoms with Crippen LogP contribution in [0.25, 0.3) is 5.65 Å². The van der Waals surface area contributed by atoms with Gasteiger partial charge in [-0.15, -0.1) is 0 Å². The summed E-state index contributed by atoms with van der Waals surface area (Å²) in [6.07, 6.45) is -2.91. The molecule has 224 valence electrons. The molecule has 0 spiro atoms. The summed E-state index contributed by atoms with van der Waals surface area (Å²) in [5.41, 5.74) is -2.07. The number of rotatable bonds is 9. The van der Waals surface area contributed by atoms with E-state index in [-0.39, 0.29) is 30.8 Å². The van der Waals surface area contributed by atoms with E-state index in [1.165, 1.54) is 30.1 Å². The third-order valence-corrected chi connectivity index (χ3v) is 6.48. The van der Waals surface area contributed by atoms with Crippen LogP contribution in [-0.4, -0.2) is 76.1 Å². The Balaban J connectivity index is 1.94. The van der Waals surface area contributed by atoms with Crippen molar-refractivity contribution in [1.82, 2.24) is 30.1 Å². The Kier molecular flexibility index (Phi) is 8.87. The number of fused-ring (bicyclic) bond motifs is 1. The van der Waals surface area contributed by atoms with E-state index in [2.05, 4.69) is 20.7 Å². The van der Waals surface area contributed by atoms with Crippen LogP contribution in [-0.2, 0) is 9.47 Å². The number of hydrogen-bond acceptors (Lipinski definition) is 6. The number of methoxy groups -OCH3 is 1. The van der Waals surface area contributed by atoms with Crippen LogP contribution < -0.4 is 10.6 Å². The minimum atomic E-state index is -4.47. The molecule has 1 aliphatic rings. The molecule has 15 heteroatoms. The summed E-state index contributed by atoms with van der Waals surface area (Å²) in [6.45, 7) is 5.40. The van der Waals surface area contributed by atoms with E-state index in [0.29, 0.717) is 5.56 Å². The number of nitrogens with zero attached hydrogens (tertiary/aromatic N) is 4. The molecule has 1 aliphatic heterocycles. The molecule has 2 aromatic rings. The van der Waals surface area contributed by atoms with Crippen LogP contribution in [0.15, 0.2) is 18.5 Å². The summed E-state index contributed by atoms with van der Waals surface area (Å²) in [4.78, 5) is 30.4. The van der Waals surface area contributed by atoms with Crippen molar-refractivity contribution in [3.05, 3.63) is 29.7 Å². The first-order valence-electron chi connectivity index (χ1n) is 12.6. The van der Waals surface area contributed by atoms with Gasteiger partial charge >= 0.3 is 18.3 Å². The van der Waals surface area contributed by atoms with Gasteiger partial charge in [-0.1, -0.05) is 13.8 Å². The number of ether oxygens (including phenoxy) is 2. The highest BCUT2D eigenvalue weighted by molar-refractivity contribution is 5.76. The maximum Gasteiger partial charge on any atom is 0.408 e. The fourth-order valence-electron chi connectivity index (χ4n) is 4.11. The Morgan fingerprint density at radius 1 is 1.23 bits per heavy atom. The Morgan fingerprint density at radius 2 is 1.90 bits per heavy atom. The monoisotopic (exact) mass is 578 g/mol. The fourth-order valence-corrected chi connectivity index (χ4v) is 4.11. The predicted molar refractivity (Wildman–Crippen MR) is 134 cm³/mol. The van der Waals surface area contributed by atoms with Crippen molar-refractivity contribution in [2.45, 2.75) is 77.2 Å². The molecule has 2 atom stereocenters. The molecule has 0 bridgehead atoms. The molecule has 0 unspecified atom stereocenters. The number of hydrogen-bond donors (Lipinski definition) is 2. The highest BCUT2D eigenvalue weighted by atomic mass is 19.4. The van der Waals surface area contributed by atoms with Crippen molar-refractivity contribution in [3.63, 3.8) is 0 Å². The summed E-state index contributed by atoms with van der Waals surface area (Å²) >= 11 is 0. The number of aromatic nitrogens is 3. The number of alkyl halides is 5. The number of imidazole rings is 1. The largest absolute Gasteiger partial charge is 0.444 e. The van der Waals surface area contributed by atoms with Crippen LogP contribution in [0.1, 0.15) is 70.8 Å². The molecule has 3 heterocycles. The first kappa shape index (κ1) is 31.3. The van der Waals surface area contributed by atoms with Crippen molar-refractivity contribution in [2.75, 3.05) is 26.8 Å². The molecule has 1 saturated heterocycles. The summed E-state index contributed by atoms with van der Waals surface area (Å²) in [7, 11) is 1.36. The van der Waals surface area contributed by atoms with Gasteiger partial charge in [-0.05, 0) is 39.7 Å². The van der Waals surface area contributed by atoms with Gasteiger partial charge in [0.15, 0.2) is 5.65 Å². The van der Waals surface area contributed by atoms with Crippen molar-refractivity contribution in [3.8, 4) is 0 Å². The smallest absolute Gasteiger partial charge is 0.408 e. The molecule has 0 aromatic carbocycles. The van der Waals surface area contributed by atoms with E-state index in [1.54, 1.807) is 20.8 Å².